The molecule has 3 rings (SSSR count). The number of nitrogens with zero attached hydrogens (tertiary/aromatic N) is 1. The number of amides is 1. The van der Waals surface area contributed by atoms with Crippen LogP contribution < -0.4 is 4.74 Å². The number of carbonyl (C=O) groups is 2. The van der Waals surface area contributed by atoms with E-state index in [9.17, 15) is 9.59 Å². The van der Waals surface area contributed by atoms with Crippen LogP contribution in [0, 0.1) is 0 Å². The summed E-state index contributed by atoms with van der Waals surface area (Å²) in [5.74, 6) is -0.590. The smallest absolute Gasteiger partial charge is 0.334 e. The number of carboxylic acid groups (broad SMARTS) is 1. The predicted molar refractivity (Wildman–Crippen MR) is 73.3 cm³/mol. The minimum absolute atomic E-state index is 0.0414. The standard InChI is InChI=1S/C15H17NO5/c17-14(16-6-8-21-13(9-16)15(18)19)11-5-7-20-12-4-2-1-3-10(11)12/h1-4,11,13H,5-9H2,(H,18,19)/t11-,13+/m1/s1. The van der Waals surface area contributed by atoms with Crippen molar-refractivity contribution < 1.29 is 24.2 Å². The summed E-state index contributed by atoms with van der Waals surface area (Å²) in [4.78, 5) is 25.3. The van der Waals surface area contributed by atoms with Crippen LogP contribution in [-0.4, -0.2) is 54.3 Å². The van der Waals surface area contributed by atoms with Crippen LogP contribution in [0.1, 0.15) is 17.9 Å². The monoisotopic (exact) mass is 291 g/mol. The van der Waals surface area contributed by atoms with Gasteiger partial charge in [-0.1, -0.05) is 18.2 Å². The molecule has 0 aromatic heterocycles. The van der Waals surface area contributed by atoms with Crippen LogP contribution in [-0.2, 0) is 14.3 Å². The first-order chi connectivity index (χ1) is 10.2. The highest BCUT2D eigenvalue weighted by molar-refractivity contribution is 5.85. The van der Waals surface area contributed by atoms with E-state index >= 15 is 0 Å². The Morgan fingerprint density at radius 3 is 2.86 bits per heavy atom. The van der Waals surface area contributed by atoms with E-state index < -0.39 is 12.1 Å². The fraction of sp³-hybridized carbons (Fsp3) is 0.467. The number of benzene rings is 1. The first-order valence-electron chi connectivity index (χ1n) is 7.01. The number of hydrogen-bond donors (Lipinski definition) is 1. The maximum atomic E-state index is 12.7. The topological polar surface area (TPSA) is 76.1 Å². The number of fused-ring (bicyclic) bond motifs is 1. The molecule has 0 saturated carbocycles. The van der Waals surface area contributed by atoms with Gasteiger partial charge in [0, 0.05) is 12.1 Å². The molecule has 0 spiro atoms. The van der Waals surface area contributed by atoms with Gasteiger partial charge in [0.2, 0.25) is 5.91 Å². The summed E-state index contributed by atoms with van der Waals surface area (Å²) in [6.45, 7) is 1.30. The number of aliphatic carboxylic acids is 1. The Bertz CT molecular complexity index is 559. The molecule has 2 heterocycles. The Labute approximate surface area is 122 Å². The van der Waals surface area contributed by atoms with Crippen LogP contribution in [0.15, 0.2) is 24.3 Å². The third kappa shape index (κ3) is 2.71. The van der Waals surface area contributed by atoms with Crippen molar-refractivity contribution in [3.8, 4) is 5.75 Å². The van der Waals surface area contributed by atoms with E-state index in [1.54, 1.807) is 4.90 Å². The van der Waals surface area contributed by atoms with Crippen molar-refractivity contribution in [3.05, 3.63) is 29.8 Å². The molecule has 1 aromatic rings. The van der Waals surface area contributed by atoms with Crippen molar-refractivity contribution in [1.82, 2.24) is 4.90 Å². The van der Waals surface area contributed by atoms with Crippen LogP contribution in [0.2, 0.25) is 0 Å². The second-order valence-electron chi connectivity index (χ2n) is 5.21. The minimum atomic E-state index is -1.03. The lowest BCUT2D eigenvalue weighted by atomic mass is 9.91. The van der Waals surface area contributed by atoms with Crippen LogP contribution in [0.5, 0.6) is 5.75 Å². The van der Waals surface area contributed by atoms with Crippen LogP contribution >= 0.6 is 0 Å². The zero-order chi connectivity index (χ0) is 14.8. The zero-order valence-electron chi connectivity index (χ0n) is 11.5. The van der Waals surface area contributed by atoms with Crippen molar-refractivity contribution in [2.75, 3.05) is 26.3 Å². The number of morpholine rings is 1. The van der Waals surface area contributed by atoms with Gasteiger partial charge in [0.05, 0.1) is 25.7 Å². The number of rotatable bonds is 2. The molecule has 0 bridgehead atoms. The highest BCUT2D eigenvalue weighted by atomic mass is 16.5. The van der Waals surface area contributed by atoms with Gasteiger partial charge < -0.3 is 19.5 Å². The molecule has 0 radical (unpaired) electrons. The minimum Gasteiger partial charge on any atom is -0.493 e. The van der Waals surface area contributed by atoms with Gasteiger partial charge in [0.15, 0.2) is 6.10 Å². The Morgan fingerprint density at radius 1 is 1.24 bits per heavy atom. The van der Waals surface area contributed by atoms with Crippen molar-refractivity contribution >= 4 is 11.9 Å². The van der Waals surface area contributed by atoms with E-state index in [4.69, 9.17) is 14.6 Å². The van der Waals surface area contributed by atoms with Crippen LogP contribution in [0.3, 0.4) is 0 Å². The molecular formula is C15H17NO5. The molecule has 6 nitrogen and oxygen atoms in total. The Kier molecular flexibility index (Phi) is 3.79. The maximum Gasteiger partial charge on any atom is 0.334 e. The lowest BCUT2D eigenvalue weighted by Gasteiger charge is -2.35. The van der Waals surface area contributed by atoms with Gasteiger partial charge in [0.1, 0.15) is 5.75 Å². The predicted octanol–water partition coefficient (Wildman–Crippen LogP) is 0.865. The van der Waals surface area contributed by atoms with Gasteiger partial charge in [-0.15, -0.1) is 0 Å². The highest BCUT2D eigenvalue weighted by Gasteiger charge is 2.35. The molecule has 2 atom stereocenters. The first kappa shape index (κ1) is 13.9. The molecule has 21 heavy (non-hydrogen) atoms. The average molecular weight is 291 g/mol. The van der Waals surface area contributed by atoms with E-state index in [2.05, 4.69) is 0 Å². The van der Waals surface area contributed by atoms with Gasteiger partial charge in [0.25, 0.3) is 0 Å². The van der Waals surface area contributed by atoms with Crippen molar-refractivity contribution in [3.63, 3.8) is 0 Å². The average Bonchev–Trinajstić information content (AvgIpc) is 2.53. The second-order valence-corrected chi connectivity index (χ2v) is 5.21. The van der Waals surface area contributed by atoms with Crippen LogP contribution in [0.25, 0.3) is 0 Å². The van der Waals surface area contributed by atoms with Gasteiger partial charge >= 0.3 is 5.97 Å². The molecule has 2 aliphatic rings. The van der Waals surface area contributed by atoms with E-state index in [1.807, 2.05) is 24.3 Å². The molecule has 1 aromatic carbocycles. The number of carbonyl (C=O) groups excluding carboxylic acids is 1. The molecule has 1 amide bonds. The summed E-state index contributed by atoms with van der Waals surface area (Å²) < 4.78 is 10.7. The SMILES string of the molecule is O=C(O)[C@@H]1CN(C(=O)[C@@H]2CCOc3ccccc32)CCO1. The zero-order valence-corrected chi connectivity index (χ0v) is 11.5. The number of para-hydroxylation sites is 1. The van der Waals surface area contributed by atoms with Gasteiger partial charge in [-0.2, -0.15) is 0 Å². The first-order valence-corrected chi connectivity index (χ1v) is 7.01. The number of hydrogen-bond acceptors (Lipinski definition) is 4. The molecule has 1 fully saturated rings. The summed E-state index contributed by atoms with van der Waals surface area (Å²) in [6, 6.07) is 7.51. The molecule has 1 N–H and O–H groups in total. The normalized spacial score (nSPS) is 24.9. The van der Waals surface area contributed by atoms with Crippen molar-refractivity contribution in [2.24, 2.45) is 0 Å². The van der Waals surface area contributed by atoms with Gasteiger partial charge in [-0.25, -0.2) is 4.79 Å². The fourth-order valence-corrected chi connectivity index (χ4v) is 2.82. The summed E-state index contributed by atoms with van der Waals surface area (Å²) in [5.41, 5.74) is 0.882. The Morgan fingerprint density at radius 2 is 2.05 bits per heavy atom. The molecule has 1 saturated heterocycles. The van der Waals surface area contributed by atoms with Gasteiger partial charge in [-0.05, 0) is 12.5 Å². The largest absolute Gasteiger partial charge is 0.493 e. The van der Waals surface area contributed by atoms with E-state index in [-0.39, 0.29) is 25.0 Å². The third-order valence-electron chi connectivity index (χ3n) is 3.91. The molecule has 112 valence electrons. The second kappa shape index (κ2) is 5.73. The molecule has 0 aliphatic carbocycles. The lowest BCUT2D eigenvalue weighted by molar-refractivity contribution is -0.160. The van der Waals surface area contributed by atoms with Gasteiger partial charge in [-0.3, -0.25) is 4.79 Å². The Hall–Kier alpha value is -2.08. The highest BCUT2D eigenvalue weighted by Crippen LogP contribution is 2.34. The summed E-state index contributed by atoms with van der Waals surface area (Å²) in [6.07, 6.45) is -0.317. The van der Waals surface area contributed by atoms with Crippen molar-refractivity contribution in [2.45, 2.75) is 18.4 Å². The lowest BCUT2D eigenvalue weighted by Crippen LogP contribution is -2.50. The summed E-state index contributed by atoms with van der Waals surface area (Å²) in [5, 5.41) is 9.02. The molecule has 2 aliphatic heterocycles. The van der Waals surface area contributed by atoms with E-state index in [0.29, 0.717) is 19.6 Å². The Balaban J connectivity index is 1.78. The molecular weight excluding hydrogens is 274 g/mol. The quantitative estimate of drug-likeness (QED) is 0.875. The number of ether oxygens (including phenoxy) is 2. The number of carboxylic acids is 1. The maximum absolute atomic E-state index is 12.7. The third-order valence-corrected chi connectivity index (χ3v) is 3.91. The molecule has 6 heteroatoms. The van der Waals surface area contributed by atoms with E-state index in [0.717, 1.165) is 11.3 Å². The van der Waals surface area contributed by atoms with Crippen LogP contribution in [0.4, 0.5) is 0 Å². The van der Waals surface area contributed by atoms with E-state index in [1.165, 1.54) is 0 Å². The fourth-order valence-electron chi connectivity index (χ4n) is 2.82. The molecule has 0 unspecified atom stereocenters. The van der Waals surface area contributed by atoms with Crippen molar-refractivity contribution in [1.29, 1.82) is 0 Å². The summed E-state index contributed by atoms with van der Waals surface area (Å²) >= 11 is 0. The summed E-state index contributed by atoms with van der Waals surface area (Å²) in [7, 11) is 0.